The smallest absolute Gasteiger partial charge is 0.379 e. The predicted molar refractivity (Wildman–Crippen MR) is 87.0 cm³/mol. The first kappa shape index (κ1) is 18.6. The summed E-state index contributed by atoms with van der Waals surface area (Å²) < 4.78 is 45.5. The van der Waals surface area contributed by atoms with Crippen molar-refractivity contribution in [2.24, 2.45) is 5.73 Å². The Kier molecular flexibility index (Phi) is 5.15. The molecule has 0 spiro atoms. The number of alkyl halides is 3. The Morgan fingerprint density at radius 3 is 2.88 bits per heavy atom. The molecule has 0 fully saturated rings. The monoisotopic (exact) mass is 371 g/mol. The normalized spacial score (nSPS) is 16.0. The molecule has 0 aliphatic carbocycles. The second-order valence-electron chi connectivity index (χ2n) is 6.36. The molecule has 0 saturated carbocycles. The Balaban J connectivity index is 1.69. The van der Waals surface area contributed by atoms with Gasteiger partial charge in [0, 0.05) is 25.3 Å². The second-order valence-corrected chi connectivity index (χ2v) is 6.36. The minimum absolute atomic E-state index is 0.0862. The van der Waals surface area contributed by atoms with E-state index in [-0.39, 0.29) is 37.0 Å². The highest BCUT2D eigenvalue weighted by molar-refractivity contribution is 5.77. The lowest BCUT2D eigenvalue weighted by Crippen LogP contribution is -2.39. The van der Waals surface area contributed by atoms with E-state index in [9.17, 15) is 18.0 Å². The van der Waals surface area contributed by atoms with Gasteiger partial charge in [-0.2, -0.15) is 13.2 Å². The molecular formula is C16H20F3N5O2. The molecule has 10 heteroatoms. The number of amides is 1. The molecule has 0 saturated heterocycles. The fourth-order valence-corrected chi connectivity index (χ4v) is 2.84. The average molecular weight is 371 g/mol. The van der Waals surface area contributed by atoms with E-state index < -0.39 is 11.7 Å². The van der Waals surface area contributed by atoms with Crippen LogP contribution in [0.1, 0.15) is 24.7 Å². The van der Waals surface area contributed by atoms with Crippen LogP contribution in [0.25, 0.3) is 11.2 Å². The van der Waals surface area contributed by atoms with E-state index in [2.05, 4.69) is 9.97 Å². The molecule has 1 aliphatic rings. The summed E-state index contributed by atoms with van der Waals surface area (Å²) in [6.45, 7) is 3.61. The van der Waals surface area contributed by atoms with Crippen molar-refractivity contribution in [2.75, 3.05) is 19.8 Å². The van der Waals surface area contributed by atoms with E-state index in [0.717, 1.165) is 12.3 Å². The number of hydrogen-bond donors (Lipinski definition) is 1. The van der Waals surface area contributed by atoms with Crippen LogP contribution >= 0.6 is 0 Å². The minimum atomic E-state index is -4.46. The van der Waals surface area contributed by atoms with Gasteiger partial charge in [-0.15, -0.1) is 0 Å². The summed E-state index contributed by atoms with van der Waals surface area (Å²) in [5, 5.41) is 0. The fraction of sp³-hybridized carbons (Fsp3) is 0.562. The number of imidazole rings is 1. The van der Waals surface area contributed by atoms with Crippen molar-refractivity contribution in [3.05, 3.63) is 23.7 Å². The molecule has 26 heavy (non-hydrogen) atoms. The summed E-state index contributed by atoms with van der Waals surface area (Å²) >= 11 is 0. The molecule has 0 aromatic carbocycles. The van der Waals surface area contributed by atoms with Crippen molar-refractivity contribution in [3.63, 3.8) is 0 Å². The van der Waals surface area contributed by atoms with Gasteiger partial charge in [0.2, 0.25) is 5.91 Å². The number of carbonyl (C=O) groups is 1. The van der Waals surface area contributed by atoms with Crippen LogP contribution in [0.5, 0.6) is 0 Å². The molecule has 142 valence electrons. The Hall–Kier alpha value is -2.20. The van der Waals surface area contributed by atoms with Gasteiger partial charge in [-0.05, 0) is 13.0 Å². The Morgan fingerprint density at radius 1 is 1.42 bits per heavy atom. The lowest BCUT2D eigenvalue weighted by atomic mass is 10.2. The quantitative estimate of drug-likeness (QED) is 0.806. The number of nitrogens with zero attached hydrogens (tertiary/aromatic N) is 4. The number of hydrogen-bond acceptors (Lipinski definition) is 5. The number of rotatable bonds is 5. The molecule has 2 N–H and O–H groups in total. The maximum atomic E-state index is 12.8. The van der Waals surface area contributed by atoms with E-state index in [1.54, 1.807) is 9.47 Å². The molecular weight excluding hydrogens is 351 g/mol. The van der Waals surface area contributed by atoms with Crippen molar-refractivity contribution in [3.8, 4) is 0 Å². The molecule has 1 amide bonds. The SMILES string of the molecule is C[C@@H](N)COCCC(=O)N1CCn2c(nc3cc(C(F)(F)F)cnc32)C1. The van der Waals surface area contributed by atoms with Crippen molar-refractivity contribution >= 4 is 17.1 Å². The van der Waals surface area contributed by atoms with E-state index in [1.807, 2.05) is 6.92 Å². The lowest BCUT2D eigenvalue weighted by Gasteiger charge is -2.27. The second kappa shape index (κ2) is 7.20. The molecule has 3 rings (SSSR count). The highest BCUT2D eigenvalue weighted by Gasteiger charge is 2.32. The standard InChI is InChI=1S/C16H20F3N5O2/c1-10(20)9-26-5-2-14(25)23-3-4-24-13(8-23)22-12-6-11(16(17,18)19)7-21-15(12)24/h6-7,10H,2-5,8-9,20H2,1H3/t10-/m1/s1. The molecule has 0 radical (unpaired) electrons. The van der Waals surface area contributed by atoms with E-state index >= 15 is 0 Å². The average Bonchev–Trinajstić information content (AvgIpc) is 2.94. The zero-order valence-electron chi connectivity index (χ0n) is 14.3. The van der Waals surface area contributed by atoms with Crippen LogP contribution in [0, 0.1) is 0 Å². The summed E-state index contributed by atoms with van der Waals surface area (Å²) in [6.07, 6.45) is -3.43. The van der Waals surface area contributed by atoms with Gasteiger partial charge in [-0.25, -0.2) is 9.97 Å². The van der Waals surface area contributed by atoms with Crippen molar-refractivity contribution in [2.45, 2.75) is 38.7 Å². The van der Waals surface area contributed by atoms with Crippen LogP contribution in [-0.4, -0.2) is 51.1 Å². The molecule has 0 bridgehead atoms. The van der Waals surface area contributed by atoms with Gasteiger partial charge in [0.05, 0.1) is 31.7 Å². The third-order valence-electron chi connectivity index (χ3n) is 4.11. The molecule has 0 unspecified atom stereocenters. The first-order valence-corrected chi connectivity index (χ1v) is 8.29. The summed E-state index contributed by atoms with van der Waals surface area (Å²) in [7, 11) is 0. The van der Waals surface area contributed by atoms with Gasteiger partial charge in [-0.3, -0.25) is 4.79 Å². The molecule has 1 atom stereocenters. The Labute approximate surface area is 147 Å². The molecule has 7 nitrogen and oxygen atoms in total. The molecule has 2 aromatic rings. The molecule has 1 aliphatic heterocycles. The predicted octanol–water partition coefficient (Wildman–Crippen LogP) is 1.55. The van der Waals surface area contributed by atoms with Gasteiger partial charge in [0.15, 0.2) is 5.65 Å². The maximum absolute atomic E-state index is 12.8. The summed E-state index contributed by atoms with van der Waals surface area (Å²) in [5.74, 6) is 0.444. The summed E-state index contributed by atoms with van der Waals surface area (Å²) in [6, 6.07) is 0.899. The lowest BCUT2D eigenvalue weighted by molar-refractivity contribution is -0.137. The first-order chi connectivity index (χ1) is 12.3. The molecule has 3 heterocycles. The van der Waals surface area contributed by atoms with Gasteiger partial charge in [0.1, 0.15) is 11.3 Å². The topological polar surface area (TPSA) is 86.3 Å². The van der Waals surface area contributed by atoms with E-state index in [1.165, 1.54) is 0 Å². The third-order valence-corrected chi connectivity index (χ3v) is 4.11. The number of carbonyl (C=O) groups excluding carboxylic acids is 1. The maximum Gasteiger partial charge on any atom is 0.417 e. The van der Waals surface area contributed by atoms with Gasteiger partial charge in [0.25, 0.3) is 0 Å². The number of nitrogens with two attached hydrogens (primary N) is 1. The van der Waals surface area contributed by atoms with Gasteiger partial charge in [-0.1, -0.05) is 0 Å². The van der Waals surface area contributed by atoms with Crippen LogP contribution in [0.3, 0.4) is 0 Å². The van der Waals surface area contributed by atoms with Crippen LogP contribution in [0.2, 0.25) is 0 Å². The zero-order valence-corrected chi connectivity index (χ0v) is 14.3. The first-order valence-electron chi connectivity index (χ1n) is 8.29. The number of aromatic nitrogens is 3. The van der Waals surface area contributed by atoms with Crippen LogP contribution in [-0.2, 0) is 28.8 Å². The van der Waals surface area contributed by atoms with Crippen LogP contribution in [0.4, 0.5) is 13.2 Å². The zero-order chi connectivity index (χ0) is 18.9. The van der Waals surface area contributed by atoms with Crippen molar-refractivity contribution in [1.82, 2.24) is 19.4 Å². The number of halogens is 3. The number of pyridine rings is 1. The van der Waals surface area contributed by atoms with Crippen LogP contribution < -0.4 is 5.73 Å². The van der Waals surface area contributed by atoms with Crippen molar-refractivity contribution in [1.29, 1.82) is 0 Å². The molecule has 2 aromatic heterocycles. The minimum Gasteiger partial charge on any atom is -0.379 e. The number of fused-ring (bicyclic) bond motifs is 3. The van der Waals surface area contributed by atoms with Crippen molar-refractivity contribution < 1.29 is 22.7 Å². The largest absolute Gasteiger partial charge is 0.417 e. The Morgan fingerprint density at radius 2 is 2.19 bits per heavy atom. The summed E-state index contributed by atoms with van der Waals surface area (Å²) in [4.78, 5) is 22.0. The van der Waals surface area contributed by atoms with Gasteiger partial charge >= 0.3 is 6.18 Å². The van der Waals surface area contributed by atoms with E-state index in [4.69, 9.17) is 10.5 Å². The fourth-order valence-electron chi connectivity index (χ4n) is 2.84. The number of ether oxygens (including phenoxy) is 1. The highest BCUT2D eigenvalue weighted by Crippen LogP contribution is 2.31. The van der Waals surface area contributed by atoms with Gasteiger partial charge < -0.3 is 19.9 Å². The highest BCUT2D eigenvalue weighted by atomic mass is 19.4. The third kappa shape index (κ3) is 3.96. The van der Waals surface area contributed by atoms with Crippen LogP contribution in [0.15, 0.2) is 12.3 Å². The van der Waals surface area contributed by atoms with E-state index in [0.29, 0.717) is 31.2 Å². The summed E-state index contributed by atoms with van der Waals surface area (Å²) in [5.41, 5.74) is 5.33. The Bertz CT molecular complexity index is 803.